The monoisotopic (exact) mass is 333 g/mol. The fourth-order valence-electron chi connectivity index (χ4n) is 5.64. The van der Waals surface area contributed by atoms with E-state index in [-0.39, 0.29) is 35.2 Å². The normalized spacial score (nSPS) is 48.2. The minimum absolute atomic E-state index is 0.0134. The molecule has 7 nitrogen and oxygen atoms in total. The van der Waals surface area contributed by atoms with Crippen molar-refractivity contribution in [1.82, 2.24) is 4.90 Å². The summed E-state index contributed by atoms with van der Waals surface area (Å²) in [6, 6.07) is -1.61. The van der Waals surface area contributed by atoms with Crippen molar-refractivity contribution in [2.24, 2.45) is 47.0 Å². The Morgan fingerprint density at radius 2 is 1.12 bits per heavy atom. The van der Waals surface area contributed by atoms with Crippen molar-refractivity contribution < 1.29 is 19.2 Å². The van der Waals surface area contributed by atoms with E-state index >= 15 is 0 Å². The summed E-state index contributed by atoms with van der Waals surface area (Å²) >= 11 is 0. The van der Waals surface area contributed by atoms with Crippen LogP contribution in [0.1, 0.15) is 25.7 Å². The smallest absolute Gasteiger partial charge is 0.234 e. The molecule has 3 aliphatic carbocycles. The van der Waals surface area contributed by atoms with Crippen LogP contribution in [0, 0.1) is 35.5 Å². The van der Waals surface area contributed by atoms with Gasteiger partial charge >= 0.3 is 0 Å². The van der Waals surface area contributed by atoms with Gasteiger partial charge in [0.05, 0.1) is 11.8 Å². The van der Waals surface area contributed by atoms with E-state index in [2.05, 4.69) is 0 Å². The molecule has 3 saturated carbocycles. The third kappa shape index (κ3) is 1.80. The van der Waals surface area contributed by atoms with Crippen molar-refractivity contribution >= 4 is 23.4 Å². The van der Waals surface area contributed by atoms with Gasteiger partial charge in [-0.2, -0.15) is 0 Å². The molecule has 1 saturated heterocycles. The van der Waals surface area contributed by atoms with E-state index in [1.807, 2.05) is 0 Å². The summed E-state index contributed by atoms with van der Waals surface area (Å²) in [7, 11) is 1.41. The Labute approximate surface area is 140 Å². The van der Waals surface area contributed by atoms with Gasteiger partial charge in [0.1, 0.15) is 11.6 Å². The molecule has 4 rings (SSSR count). The molecular formula is C17H23N3O4. The summed E-state index contributed by atoms with van der Waals surface area (Å²) in [4.78, 5) is 52.0. The van der Waals surface area contributed by atoms with Crippen molar-refractivity contribution in [2.45, 2.75) is 37.8 Å². The minimum atomic E-state index is -0.805. The number of amides is 2. The van der Waals surface area contributed by atoms with Gasteiger partial charge in [0.2, 0.25) is 11.8 Å². The zero-order valence-electron chi connectivity index (χ0n) is 13.7. The molecule has 4 aliphatic rings. The summed E-state index contributed by atoms with van der Waals surface area (Å²) in [5, 5.41) is 0. The molecule has 0 aromatic rings. The van der Waals surface area contributed by atoms with Crippen LogP contribution in [0.15, 0.2) is 0 Å². The molecule has 1 aliphatic heterocycles. The average molecular weight is 333 g/mol. The summed E-state index contributed by atoms with van der Waals surface area (Å²) in [5.41, 5.74) is 12.6. The number of likely N-dealkylation sites (tertiary alicyclic amines) is 1. The third-order valence-corrected chi connectivity index (χ3v) is 6.82. The summed E-state index contributed by atoms with van der Waals surface area (Å²) in [6.45, 7) is 0. The van der Waals surface area contributed by atoms with E-state index in [0.29, 0.717) is 12.8 Å². The molecule has 1 heterocycles. The Morgan fingerprint density at radius 1 is 0.750 bits per heavy atom. The lowest BCUT2D eigenvalue weighted by Gasteiger charge is -2.50. The predicted molar refractivity (Wildman–Crippen MR) is 83.1 cm³/mol. The number of fused-ring (bicyclic) bond motifs is 3. The molecular weight excluding hydrogens is 310 g/mol. The van der Waals surface area contributed by atoms with E-state index in [0.717, 1.165) is 17.7 Å². The lowest BCUT2D eigenvalue weighted by atomic mass is 9.52. The average Bonchev–Trinajstić information content (AvgIpc) is 2.80. The Morgan fingerprint density at radius 3 is 1.50 bits per heavy atom. The highest BCUT2D eigenvalue weighted by Gasteiger charge is 2.65. The van der Waals surface area contributed by atoms with Crippen LogP contribution in [0.2, 0.25) is 0 Å². The summed E-state index contributed by atoms with van der Waals surface area (Å²) in [5.74, 6) is -4.37. The van der Waals surface area contributed by atoms with Gasteiger partial charge in [-0.3, -0.25) is 24.1 Å². The van der Waals surface area contributed by atoms with Gasteiger partial charge in [-0.05, 0) is 12.8 Å². The Balaban J connectivity index is 1.78. The van der Waals surface area contributed by atoms with Crippen LogP contribution >= 0.6 is 0 Å². The molecule has 0 bridgehead atoms. The Kier molecular flexibility index (Phi) is 3.44. The first-order valence-corrected chi connectivity index (χ1v) is 8.76. The number of nitrogens with zero attached hydrogens (tertiary/aromatic N) is 1. The topological polar surface area (TPSA) is 124 Å². The van der Waals surface area contributed by atoms with Gasteiger partial charge < -0.3 is 11.5 Å². The maximum absolute atomic E-state index is 13.1. The predicted octanol–water partition coefficient (Wildman–Crippen LogP) is -0.924. The first kappa shape index (κ1) is 15.9. The van der Waals surface area contributed by atoms with E-state index in [9.17, 15) is 19.2 Å². The SMILES string of the molecule is CN1C(=O)C2C(N)C3C(=O)C4CCCCC4C(=O)C3C(N)C2C1=O. The zero-order valence-corrected chi connectivity index (χ0v) is 13.7. The molecule has 4 N–H and O–H groups in total. The Bertz CT molecular complexity index is 594. The second-order valence-electron chi connectivity index (χ2n) is 7.80. The number of rotatable bonds is 0. The molecule has 8 atom stereocenters. The van der Waals surface area contributed by atoms with Gasteiger partial charge in [0.15, 0.2) is 0 Å². The highest BCUT2D eigenvalue weighted by molar-refractivity contribution is 6.08. The van der Waals surface area contributed by atoms with Crippen molar-refractivity contribution in [3.63, 3.8) is 0 Å². The second-order valence-corrected chi connectivity index (χ2v) is 7.80. The first-order chi connectivity index (χ1) is 11.4. The first-order valence-electron chi connectivity index (χ1n) is 8.76. The van der Waals surface area contributed by atoms with Crippen LogP contribution in [0.25, 0.3) is 0 Å². The van der Waals surface area contributed by atoms with Crippen LogP contribution in [0.3, 0.4) is 0 Å². The van der Waals surface area contributed by atoms with Crippen molar-refractivity contribution in [3.05, 3.63) is 0 Å². The van der Waals surface area contributed by atoms with E-state index in [4.69, 9.17) is 11.5 Å². The number of nitrogens with two attached hydrogens (primary N) is 2. The quantitative estimate of drug-likeness (QED) is 0.552. The third-order valence-electron chi connectivity index (χ3n) is 6.82. The zero-order chi connectivity index (χ0) is 17.3. The minimum Gasteiger partial charge on any atom is -0.326 e. The lowest BCUT2D eigenvalue weighted by molar-refractivity contribution is -0.157. The maximum Gasteiger partial charge on any atom is 0.234 e. The molecule has 0 aromatic carbocycles. The molecule has 2 amide bonds. The molecule has 0 radical (unpaired) electrons. The highest BCUT2D eigenvalue weighted by Crippen LogP contribution is 2.50. The number of carbonyl (C=O) groups excluding carboxylic acids is 4. The molecule has 0 spiro atoms. The lowest BCUT2D eigenvalue weighted by Crippen LogP contribution is -2.67. The fraction of sp³-hybridized carbons (Fsp3) is 0.765. The van der Waals surface area contributed by atoms with Crippen molar-refractivity contribution in [1.29, 1.82) is 0 Å². The van der Waals surface area contributed by atoms with Gasteiger partial charge in [-0.25, -0.2) is 0 Å². The van der Waals surface area contributed by atoms with Gasteiger partial charge in [0, 0.05) is 42.8 Å². The number of Topliss-reactive ketones (excluding diaryl/α,β-unsaturated/α-hetero) is 2. The molecule has 0 aromatic heterocycles. The molecule has 4 fully saturated rings. The number of carbonyl (C=O) groups is 4. The molecule has 7 heteroatoms. The van der Waals surface area contributed by atoms with Crippen LogP contribution in [0.5, 0.6) is 0 Å². The van der Waals surface area contributed by atoms with Crippen LogP contribution < -0.4 is 11.5 Å². The van der Waals surface area contributed by atoms with E-state index < -0.39 is 35.8 Å². The van der Waals surface area contributed by atoms with Crippen molar-refractivity contribution in [2.75, 3.05) is 7.05 Å². The van der Waals surface area contributed by atoms with Crippen LogP contribution in [-0.2, 0) is 19.2 Å². The largest absolute Gasteiger partial charge is 0.326 e. The number of hydrogen-bond acceptors (Lipinski definition) is 6. The highest BCUT2D eigenvalue weighted by atomic mass is 16.2. The van der Waals surface area contributed by atoms with Crippen LogP contribution in [0.4, 0.5) is 0 Å². The van der Waals surface area contributed by atoms with E-state index in [1.165, 1.54) is 7.05 Å². The van der Waals surface area contributed by atoms with E-state index in [1.54, 1.807) is 0 Å². The van der Waals surface area contributed by atoms with Gasteiger partial charge in [-0.15, -0.1) is 0 Å². The van der Waals surface area contributed by atoms with Crippen molar-refractivity contribution in [3.8, 4) is 0 Å². The summed E-state index contributed by atoms with van der Waals surface area (Å²) < 4.78 is 0. The van der Waals surface area contributed by atoms with Gasteiger partial charge in [0.25, 0.3) is 0 Å². The Hall–Kier alpha value is -1.60. The number of hydrogen-bond donors (Lipinski definition) is 2. The number of imide groups is 1. The second kappa shape index (κ2) is 5.20. The summed E-state index contributed by atoms with van der Waals surface area (Å²) in [6.07, 6.45) is 3.29. The molecule has 130 valence electrons. The van der Waals surface area contributed by atoms with Crippen LogP contribution in [-0.4, -0.2) is 47.4 Å². The number of ketones is 2. The molecule has 24 heavy (non-hydrogen) atoms. The maximum atomic E-state index is 13.1. The molecule has 8 unspecified atom stereocenters. The van der Waals surface area contributed by atoms with Gasteiger partial charge in [-0.1, -0.05) is 12.8 Å². The standard InChI is InChI=1S/C17H23N3O4/c1-20-16(23)10-11(17(20)24)13(19)9-8(12(10)18)14(21)6-4-2-3-5-7(6)15(9)22/h6-13H,2-5,18-19H2,1H3. The fourth-order valence-corrected chi connectivity index (χ4v) is 5.64.